The third kappa shape index (κ3) is 5.45. The highest BCUT2D eigenvalue weighted by Gasteiger charge is 2.12. The predicted octanol–water partition coefficient (Wildman–Crippen LogP) is 2.79. The molecule has 1 saturated heterocycles. The third-order valence-electron chi connectivity index (χ3n) is 3.69. The summed E-state index contributed by atoms with van der Waals surface area (Å²) in [6, 6.07) is 2.86. The first-order chi connectivity index (χ1) is 10.2. The molecule has 1 aliphatic rings. The number of nitrogens with one attached hydrogen (secondary N) is 3. The molecule has 0 aliphatic carbocycles. The van der Waals surface area contributed by atoms with Crippen LogP contribution in [0.1, 0.15) is 25.7 Å². The van der Waals surface area contributed by atoms with Gasteiger partial charge in [0, 0.05) is 30.1 Å². The van der Waals surface area contributed by atoms with E-state index in [0.29, 0.717) is 12.6 Å². The number of unbranched alkanes of at least 4 members (excludes halogenated alkanes) is 1. The number of hydrogen-bond donors (Lipinski definition) is 4. The molecule has 1 aromatic rings. The summed E-state index contributed by atoms with van der Waals surface area (Å²) >= 11 is 3.84. The van der Waals surface area contributed by atoms with Gasteiger partial charge in [-0.05, 0) is 44.8 Å². The lowest BCUT2D eigenvalue weighted by Gasteiger charge is -2.12. The van der Waals surface area contributed by atoms with Crippen LogP contribution in [0.2, 0.25) is 0 Å². The second kappa shape index (κ2) is 8.56. The highest BCUT2D eigenvalue weighted by molar-refractivity contribution is 7.80. The Hall–Kier alpha value is -0.850. The molecule has 3 N–H and O–H groups in total. The van der Waals surface area contributed by atoms with Crippen LogP contribution in [-0.4, -0.2) is 32.2 Å². The zero-order valence-electron chi connectivity index (χ0n) is 12.1. The Balaban J connectivity index is 1.56. The Morgan fingerprint density at radius 2 is 2.00 bits per heavy atom. The van der Waals surface area contributed by atoms with Gasteiger partial charge in [-0.15, -0.1) is 12.6 Å². The minimum Gasteiger partial charge on any atom is -0.383 e. The first kappa shape index (κ1) is 16.5. The molecule has 0 radical (unpaired) electrons. The molecule has 3 nitrogen and oxygen atoms in total. The SMILES string of the molecule is Fc1cc(NCCCCNC[C@@H]2CCCN2)c(F)cc1S. The maximum Gasteiger partial charge on any atom is 0.147 e. The maximum absolute atomic E-state index is 13.5. The van der Waals surface area contributed by atoms with E-state index in [0.717, 1.165) is 44.6 Å². The van der Waals surface area contributed by atoms with Crippen LogP contribution in [0.3, 0.4) is 0 Å². The number of benzene rings is 1. The lowest BCUT2D eigenvalue weighted by atomic mass is 10.2. The van der Waals surface area contributed by atoms with E-state index in [4.69, 9.17) is 0 Å². The molecule has 0 bridgehead atoms. The Morgan fingerprint density at radius 1 is 1.19 bits per heavy atom. The van der Waals surface area contributed by atoms with E-state index in [1.807, 2.05) is 0 Å². The number of hydrogen-bond acceptors (Lipinski definition) is 4. The Bertz CT molecular complexity index is 451. The van der Waals surface area contributed by atoms with Crippen molar-refractivity contribution in [2.24, 2.45) is 0 Å². The van der Waals surface area contributed by atoms with Crippen LogP contribution in [0.4, 0.5) is 14.5 Å². The van der Waals surface area contributed by atoms with E-state index in [9.17, 15) is 8.78 Å². The van der Waals surface area contributed by atoms with Crippen molar-refractivity contribution in [1.29, 1.82) is 0 Å². The summed E-state index contributed by atoms with van der Waals surface area (Å²) in [4.78, 5) is 0.0303. The Kier molecular flexibility index (Phi) is 6.73. The van der Waals surface area contributed by atoms with Gasteiger partial charge in [-0.2, -0.15) is 0 Å². The maximum atomic E-state index is 13.5. The summed E-state index contributed by atoms with van der Waals surface area (Å²) in [5.74, 6) is -0.972. The van der Waals surface area contributed by atoms with Crippen molar-refractivity contribution in [2.45, 2.75) is 36.6 Å². The summed E-state index contributed by atoms with van der Waals surface area (Å²) in [7, 11) is 0. The molecule has 0 aromatic heterocycles. The van der Waals surface area contributed by atoms with Gasteiger partial charge in [0.1, 0.15) is 11.6 Å². The van der Waals surface area contributed by atoms with Gasteiger partial charge in [0.2, 0.25) is 0 Å². The van der Waals surface area contributed by atoms with E-state index in [1.165, 1.54) is 12.8 Å². The summed E-state index contributed by atoms with van der Waals surface area (Å²) in [5, 5.41) is 9.78. The molecule has 6 heteroatoms. The molecule has 0 spiro atoms. The van der Waals surface area contributed by atoms with Gasteiger partial charge in [0.15, 0.2) is 0 Å². The van der Waals surface area contributed by atoms with Crippen molar-refractivity contribution < 1.29 is 8.78 Å². The molecule has 2 rings (SSSR count). The molecule has 118 valence electrons. The van der Waals surface area contributed by atoms with Gasteiger partial charge in [-0.25, -0.2) is 8.78 Å². The first-order valence-corrected chi connectivity index (χ1v) is 7.97. The standard InChI is InChI=1S/C15H23F2N3S/c16-12-9-15(21)13(17)8-14(12)20-6-2-1-5-18-10-11-4-3-7-19-11/h8-9,11,18-21H,1-7,10H2/t11-/m0/s1. The minimum absolute atomic E-state index is 0.0303. The van der Waals surface area contributed by atoms with E-state index in [-0.39, 0.29) is 10.6 Å². The molecule has 21 heavy (non-hydrogen) atoms. The van der Waals surface area contributed by atoms with Crippen LogP contribution in [-0.2, 0) is 0 Å². The van der Waals surface area contributed by atoms with Crippen LogP contribution in [0, 0.1) is 11.6 Å². The van der Waals surface area contributed by atoms with Crippen molar-refractivity contribution >= 4 is 18.3 Å². The van der Waals surface area contributed by atoms with Crippen LogP contribution in [0.5, 0.6) is 0 Å². The van der Waals surface area contributed by atoms with E-state index < -0.39 is 11.6 Å². The molecule has 1 atom stereocenters. The first-order valence-electron chi connectivity index (χ1n) is 7.53. The van der Waals surface area contributed by atoms with Crippen molar-refractivity contribution in [3.05, 3.63) is 23.8 Å². The van der Waals surface area contributed by atoms with Gasteiger partial charge in [-0.1, -0.05) is 0 Å². The fraction of sp³-hybridized carbons (Fsp3) is 0.600. The van der Waals surface area contributed by atoms with Crippen LogP contribution < -0.4 is 16.0 Å². The van der Waals surface area contributed by atoms with Crippen LogP contribution >= 0.6 is 12.6 Å². The van der Waals surface area contributed by atoms with E-state index in [2.05, 4.69) is 28.6 Å². The van der Waals surface area contributed by atoms with Crippen molar-refractivity contribution in [2.75, 3.05) is 31.5 Å². The topological polar surface area (TPSA) is 36.1 Å². The molecular formula is C15H23F2N3S. The number of rotatable bonds is 8. The van der Waals surface area contributed by atoms with Crippen LogP contribution in [0.25, 0.3) is 0 Å². The van der Waals surface area contributed by atoms with Crippen molar-refractivity contribution in [3.8, 4) is 0 Å². The summed E-state index contributed by atoms with van der Waals surface area (Å²) < 4.78 is 26.8. The zero-order valence-corrected chi connectivity index (χ0v) is 13.0. The van der Waals surface area contributed by atoms with E-state index in [1.54, 1.807) is 0 Å². The van der Waals surface area contributed by atoms with E-state index >= 15 is 0 Å². The van der Waals surface area contributed by atoms with Gasteiger partial charge in [-0.3, -0.25) is 0 Å². The molecule has 0 unspecified atom stereocenters. The monoisotopic (exact) mass is 315 g/mol. The Morgan fingerprint density at radius 3 is 2.76 bits per heavy atom. The molecule has 1 aliphatic heterocycles. The molecule has 0 amide bonds. The molecule has 1 heterocycles. The third-order valence-corrected chi connectivity index (χ3v) is 4.03. The van der Waals surface area contributed by atoms with Crippen molar-refractivity contribution in [3.63, 3.8) is 0 Å². The normalized spacial score (nSPS) is 18.1. The smallest absolute Gasteiger partial charge is 0.147 e. The van der Waals surface area contributed by atoms with Gasteiger partial charge in [0.05, 0.1) is 5.69 Å². The Labute approximate surface area is 130 Å². The fourth-order valence-electron chi connectivity index (χ4n) is 2.48. The highest BCUT2D eigenvalue weighted by atomic mass is 32.1. The fourth-order valence-corrected chi connectivity index (χ4v) is 2.65. The number of thiol groups is 1. The van der Waals surface area contributed by atoms with Gasteiger partial charge >= 0.3 is 0 Å². The molecule has 1 fully saturated rings. The average Bonchev–Trinajstić information content (AvgIpc) is 2.96. The average molecular weight is 315 g/mol. The quantitative estimate of drug-likeness (QED) is 0.440. The van der Waals surface area contributed by atoms with Crippen LogP contribution in [0.15, 0.2) is 17.0 Å². The minimum atomic E-state index is -0.507. The molecule has 1 aromatic carbocycles. The van der Waals surface area contributed by atoms with Gasteiger partial charge < -0.3 is 16.0 Å². The lowest BCUT2D eigenvalue weighted by Crippen LogP contribution is -2.34. The predicted molar refractivity (Wildman–Crippen MR) is 85.2 cm³/mol. The largest absolute Gasteiger partial charge is 0.383 e. The highest BCUT2D eigenvalue weighted by Crippen LogP contribution is 2.21. The molecule has 0 saturated carbocycles. The number of anilines is 1. The summed E-state index contributed by atoms with van der Waals surface area (Å²) in [5.41, 5.74) is 0.202. The van der Waals surface area contributed by atoms with Crippen molar-refractivity contribution in [1.82, 2.24) is 10.6 Å². The number of halogens is 2. The summed E-state index contributed by atoms with van der Waals surface area (Å²) in [6.45, 7) is 3.72. The van der Waals surface area contributed by atoms with Gasteiger partial charge in [0.25, 0.3) is 0 Å². The second-order valence-electron chi connectivity index (χ2n) is 5.41. The molecular weight excluding hydrogens is 292 g/mol. The zero-order chi connectivity index (χ0) is 15.1. The second-order valence-corrected chi connectivity index (χ2v) is 5.90. The lowest BCUT2D eigenvalue weighted by molar-refractivity contribution is 0.525. The summed E-state index contributed by atoms with van der Waals surface area (Å²) in [6.07, 6.45) is 4.44.